The number of hydrogen-bond acceptors (Lipinski definition) is 6. The Hall–Kier alpha value is -2.82. The van der Waals surface area contributed by atoms with Gasteiger partial charge in [-0.1, -0.05) is 53.5 Å². The van der Waals surface area contributed by atoms with Crippen molar-refractivity contribution in [2.75, 3.05) is 44.7 Å². The van der Waals surface area contributed by atoms with Gasteiger partial charge >= 0.3 is 0 Å². The number of carbonyl (C=O) groups is 1. The molecule has 0 radical (unpaired) electrons. The van der Waals surface area contributed by atoms with Crippen LogP contribution in [0.1, 0.15) is 11.6 Å². The van der Waals surface area contributed by atoms with Crippen LogP contribution in [0.5, 0.6) is 11.5 Å². The molecule has 2 aliphatic heterocycles. The highest BCUT2D eigenvalue weighted by molar-refractivity contribution is 7.89. The third-order valence-corrected chi connectivity index (χ3v) is 8.61. The fourth-order valence-electron chi connectivity index (χ4n) is 4.54. The Labute approximate surface area is 225 Å². The Morgan fingerprint density at radius 1 is 0.838 bits per heavy atom. The van der Waals surface area contributed by atoms with Crippen molar-refractivity contribution in [2.24, 2.45) is 0 Å². The van der Waals surface area contributed by atoms with Gasteiger partial charge in [0, 0.05) is 48.0 Å². The lowest BCUT2D eigenvalue weighted by molar-refractivity contribution is -0.122. The van der Waals surface area contributed by atoms with Crippen LogP contribution in [0.25, 0.3) is 0 Å². The van der Waals surface area contributed by atoms with E-state index in [-0.39, 0.29) is 23.9 Å². The summed E-state index contributed by atoms with van der Waals surface area (Å²) in [5.74, 6) is 0.702. The topological polar surface area (TPSA) is 88.2 Å². The summed E-state index contributed by atoms with van der Waals surface area (Å²) in [5, 5.41) is 3.74. The van der Waals surface area contributed by atoms with Gasteiger partial charge in [-0.05, 0) is 35.9 Å². The molecule has 194 valence electrons. The van der Waals surface area contributed by atoms with Gasteiger partial charge in [0.25, 0.3) is 0 Å². The summed E-state index contributed by atoms with van der Waals surface area (Å²) >= 11 is 12.2. The number of benzene rings is 3. The van der Waals surface area contributed by atoms with Crippen molar-refractivity contribution in [1.29, 1.82) is 0 Å². The van der Waals surface area contributed by atoms with E-state index < -0.39 is 16.1 Å². The van der Waals surface area contributed by atoms with Gasteiger partial charge in [-0.25, -0.2) is 8.42 Å². The van der Waals surface area contributed by atoms with E-state index in [1.54, 1.807) is 24.3 Å². The predicted octanol–water partition coefficient (Wildman–Crippen LogP) is 4.45. The van der Waals surface area contributed by atoms with E-state index in [4.69, 9.17) is 32.7 Å². The molecule has 1 fully saturated rings. The van der Waals surface area contributed by atoms with Crippen molar-refractivity contribution in [1.82, 2.24) is 9.21 Å². The monoisotopic (exact) mass is 561 g/mol. The van der Waals surface area contributed by atoms with E-state index in [0.717, 1.165) is 5.56 Å². The molecule has 0 aliphatic carbocycles. The lowest BCUT2D eigenvalue weighted by Crippen LogP contribution is -2.51. The lowest BCUT2D eigenvalue weighted by Gasteiger charge is -2.38. The number of nitrogens with one attached hydrogen (secondary N) is 1. The van der Waals surface area contributed by atoms with Crippen LogP contribution in [0.15, 0.2) is 71.6 Å². The van der Waals surface area contributed by atoms with Gasteiger partial charge in [0.05, 0.1) is 4.90 Å². The number of amides is 1. The van der Waals surface area contributed by atoms with Crippen molar-refractivity contribution in [2.45, 2.75) is 10.9 Å². The van der Waals surface area contributed by atoms with E-state index in [1.807, 2.05) is 35.2 Å². The summed E-state index contributed by atoms with van der Waals surface area (Å²) in [5.41, 5.74) is 1.29. The molecule has 37 heavy (non-hydrogen) atoms. The average Bonchev–Trinajstić information content (AvgIpc) is 2.89. The molecule has 0 spiro atoms. The van der Waals surface area contributed by atoms with E-state index in [0.29, 0.717) is 53.5 Å². The van der Waals surface area contributed by atoms with E-state index >= 15 is 0 Å². The molecule has 2 aliphatic rings. The first kappa shape index (κ1) is 25.8. The predicted molar refractivity (Wildman–Crippen MR) is 142 cm³/mol. The number of hydrogen-bond donors (Lipinski definition) is 1. The molecule has 0 bridgehead atoms. The third-order valence-electron chi connectivity index (χ3n) is 6.28. The number of fused-ring (bicyclic) bond motifs is 1. The van der Waals surface area contributed by atoms with Gasteiger partial charge < -0.3 is 14.8 Å². The maximum atomic E-state index is 13.5. The summed E-state index contributed by atoms with van der Waals surface area (Å²) in [4.78, 5) is 15.6. The number of ether oxygens (including phenoxy) is 2. The Bertz CT molecular complexity index is 1380. The van der Waals surface area contributed by atoms with Crippen molar-refractivity contribution in [3.63, 3.8) is 0 Å². The Morgan fingerprint density at radius 2 is 1.49 bits per heavy atom. The van der Waals surface area contributed by atoms with E-state index in [2.05, 4.69) is 5.32 Å². The molecule has 1 amide bonds. The molecule has 0 aromatic heterocycles. The SMILES string of the molecule is O=C(Nc1cc(Cl)cc(Cl)c1)[C@@H](c1ccccc1)N1CCN(S(=O)(=O)c2ccc3c(c2)OCCO3)CC1. The standard InChI is InChI=1S/C26H25Cl2N3O5S/c27-19-14-20(28)16-21(15-19)29-26(32)25(18-4-2-1-3-5-18)30-8-10-31(11-9-30)37(33,34)22-6-7-23-24(17-22)36-13-12-35-23/h1-7,14-17,25H,8-13H2,(H,29,32)/t25-/m1/s1. The number of sulfonamides is 1. The molecule has 3 aromatic rings. The molecule has 1 N–H and O–H groups in total. The van der Waals surface area contributed by atoms with Gasteiger partial charge in [0.15, 0.2) is 11.5 Å². The molecule has 1 saturated heterocycles. The van der Waals surface area contributed by atoms with Crippen LogP contribution in [0, 0.1) is 0 Å². The van der Waals surface area contributed by atoms with Crippen molar-refractivity contribution in [3.05, 3.63) is 82.3 Å². The number of anilines is 1. The molecule has 11 heteroatoms. The van der Waals surface area contributed by atoms with Crippen LogP contribution < -0.4 is 14.8 Å². The molecule has 2 heterocycles. The molecule has 3 aromatic carbocycles. The lowest BCUT2D eigenvalue weighted by atomic mass is 10.0. The number of rotatable bonds is 6. The van der Waals surface area contributed by atoms with Crippen LogP contribution in [-0.4, -0.2) is 62.9 Å². The summed E-state index contributed by atoms with van der Waals surface area (Å²) < 4.78 is 39.2. The normalized spacial score (nSPS) is 17.2. The van der Waals surface area contributed by atoms with E-state index in [9.17, 15) is 13.2 Å². The quantitative estimate of drug-likeness (QED) is 0.478. The van der Waals surface area contributed by atoms with Crippen molar-refractivity contribution < 1.29 is 22.7 Å². The van der Waals surface area contributed by atoms with Crippen molar-refractivity contribution >= 4 is 44.8 Å². The number of piperazine rings is 1. The zero-order valence-electron chi connectivity index (χ0n) is 19.8. The summed E-state index contributed by atoms with van der Waals surface area (Å²) in [6.07, 6.45) is 0. The molecular weight excluding hydrogens is 537 g/mol. The highest BCUT2D eigenvalue weighted by Gasteiger charge is 2.35. The maximum absolute atomic E-state index is 13.5. The first-order chi connectivity index (χ1) is 17.8. The van der Waals surface area contributed by atoms with Gasteiger partial charge in [-0.15, -0.1) is 0 Å². The molecule has 0 unspecified atom stereocenters. The second-order valence-electron chi connectivity index (χ2n) is 8.71. The van der Waals surface area contributed by atoms with Gasteiger partial charge in [0.1, 0.15) is 19.3 Å². The van der Waals surface area contributed by atoms with Crippen LogP contribution in [0.3, 0.4) is 0 Å². The highest BCUT2D eigenvalue weighted by atomic mass is 35.5. The zero-order chi connectivity index (χ0) is 26.0. The van der Waals surface area contributed by atoms with Gasteiger partial charge in [-0.3, -0.25) is 9.69 Å². The largest absolute Gasteiger partial charge is 0.486 e. The second kappa shape index (κ2) is 10.9. The van der Waals surface area contributed by atoms with Gasteiger partial charge in [0.2, 0.25) is 15.9 Å². The first-order valence-electron chi connectivity index (χ1n) is 11.8. The highest BCUT2D eigenvalue weighted by Crippen LogP contribution is 2.34. The molecule has 5 rings (SSSR count). The first-order valence-corrected chi connectivity index (χ1v) is 14.0. The minimum Gasteiger partial charge on any atom is -0.486 e. The van der Waals surface area contributed by atoms with Crippen molar-refractivity contribution in [3.8, 4) is 11.5 Å². The number of nitrogens with zero attached hydrogens (tertiary/aromatic N) is 2. The fourth-order valence-corrected chi connectivity index (χ4v) is 6.50. The molecule has 1 atom stereocenters. The Kier molecular flexibility index (Phi) is 7.60. The number of carbonyl (C=O) groups excluding carboxylic acids is 1. The molecule has 8 nitrogen and oxygen atoms in total. The minimum atomic E-state index is -3.75. The third kappa shape index (κ3) is 5.71. The molecular formula is C26H25Cl2N3O5S. The minimum absolute atomic E-state index is 0.153. The van der Waals surface area contributed by atoms with Crippen LogP contribution in [0.2, 0.25) is 10.0 Å². The Morgan fingerprint density at radius 3 is 2.16 bits per heavy atom. The second-order valence-corrected chi connectivity index (χ2v) is 11.5. The zero-order valence-corrected chi connectivity index (χ0v) is 22.1. The summed E-state index contributed by atoms with van der Waals surface area (Å²) in [7, 11) is -3.75. The summed E-state index contributed by atoms with van der Waals surface area (Å²) in [6.45, 7) is 2.01. The number of halogens is 2. The Balaban J connectivity index is 1.33. The fraction of sp³-hybridized carbons (Fsp3) is 0.269. The average molecular weight is 562 g/mol. The van der Waals surface area contributed by atoms with Crippen LogP contribution >= 0.6 is 23.2 Å². The van der Waals surface area contributed by atoms with Gasteiger partial charge in [-0.2, -0.15) is 4.31 Å². The summed E-state index contributed by atoms with van der Waals surface area (Å²) in [6, 6.07) is 18.3. The molecule has 0 saturated carbocycles. The van der Waals surface area contributed by atoms with Crippen LogP contribution in [-0.2, 0) is 14.8 Å². The smallest absolute Gasteiger partial charge is 0.246 e. The van der Waals surface area contributed by atoms with Crippen LogP contribution in [0.4, 0.5) is 5.69 Å². The van der Waals surface area contributed by atoms with E-state index in [1.165, 1.54) is 16.4 Å². The maximum Gasteiger partial charge on any atom is 0.246 e.